The van der Waals surface area contributed by atoms with Crippen molar-refractivity contribution in [3.05, 3.63) is 47.1 Å². The topological polar surface area (TPSA) is 43.9 Å². The maximum absolute atomic E-state index is 5.68. The van der Waals surface area contributed by atoms with Crippen LogP contribution in [0.2, 0.25) is 0 Å². The Hall–Kier alpha value is -2.14. The lowest BCUT2D eigenvalue weighted by Gasteiger charge is -2.17. The van der Waals surface area contributed by atoms with Gasteiger partial charge in [-0.15, -0.1) is 5.10 Å². The fraction of sp³-hybridized carbons (Fsp3) is 0.263. The highest BCUT2D eigenvalue weighted by Crippen LogP contribution is 2.38. The van der Waals surface area contributed by atoms with Crippen molar-refractivity contribution in [3.63, 3.8) is 0 Å². The zero-order valence-electron chi connectivity index (χ0n) is 13.9. The number of halogens is 1. The van der Waals surface area contributed by atoms with Gasteiger partial charge in [0.05, 0.1) is 16.3 Å². The second-order valence-corrected chi connectivity index (χ2v) is 8.04. The Morgan fingerprint density at radius 1 is 1.08 bits per heavy atom. The lowest BCUT2D eigenvalue weighted by molar-refractivity contribution is 0.327. The Kier molecular flexibility index (Phi) is 3.49. The van der Waals surface area contributed by atoms with Crippen molar-refractivity contribution in [2.45, 2.75) is 27.3 Å². The van der Waals surface area contributed by atoms with E-state index in [0.29, 0.717) is 0 Å². The molecule has 0 bridgehead atoms. The van der Waals surface area contributed by atoms with Crippen LogP contribution in [-0.4, -0.2) is 15.0 Å². The van der Waals surface area contributed by atoms with Crippen molar-refractivity contribution in [3.8, 4) is 11.1 Å². The van der Waals surface area contributed by atoms with Crippen LogP contribution in [0.15, 0.2) is 51.6 Å². The van der Waals surface area contributed by atoms with Crippen LogP contribution >= 0.6 is 15.9 Å². The molecular weight excluding hydrogens is 366 g/mol. The molecule has 2 aromatic carbocycles. The molecule has 4 aromatic rings. The number of fused-ring (bicyclic) bond motifs is 2. The Balaban J connectivity index is 1.88. The molecule has 2 heterocycles. The summed E-state index contributed by atoms with van der Waals surface area (Å²) in [7, 11) is 0. The van der Waals surface area contributed by atoms with E-state index in [4.69, 9.17) is 4.42 Å². The maximum Gasteiger partial charge on any atom is 0.134 e. The lowest BCUT2D eigenvalue weighted by atomic mass is 9.97. The van der Waals surface area contributed by atoms with Crippen LogP contribution in [0.1, 0.15) is 20.8 Å². The fourth-order valence-electron chi connectivity index (χ4n) is 2.97. The van der Waals surface area contributed by atoms with E-state index in [-0.39, 0.29) is 5.41 Å². The number of hydrogen-bond acceptors (Lipinski definition) is 3. The van der Waals surface area contributed by atoms with Gasteiger partial charge in [-0.05, 0) is 33.5 Å². The maximum atomic E-state index is 5.68. The minimum Gasteiger partial charge on any atom is -0.464 e. The van der Waals surface area contributed by atoms with E-state index in [1.54, 1.807) is 6.26 Å². The Morgan fingerprint density at radius 2 is 1.88 bits per heavy atom. The fourth-order valence-corrected chi connectivity index (χ4v) is 3.59. The molecule has 0 aliphatic carbocycles. The average Bonchev–Trinajstić information content (AvgIpc) is 3.11. The first-order valence-corrected chi connectivity index (χ1v) is 8.72. The van der Waals surface area contributed by atoms with Crippen LogP contribution in [0.5, 0.6) is 0 Å². The minimum atomic E-state index is 0.145. The SMILES string of the molecule is CC(C)(C)Cn1nnc2c(Br)c(-c3coc4ccccc34)ccc21. The normalized spacial score (nSPS) is 12.3. The van der Waals surface area contributed by atoms with Crippen LogP contribution in [0.25, 0.3) is 33.1 Å². The first kappa shape index (κ1) is 15.4. The van der Waals surface area contributed by atoms with E-state index in [0.717, 1.165) is 44.1 Å². The van der Waals surface area contributed by atoms with Crippen molar-refractivity contribution in [2.75, 3.05) is 0 Å². The molecule has 24 heavy (non-hydrogen) atoms. The van der Waals surface area contributed by atoms with E-state index >= 15 is 0 Å². The summed E-state index contributed by atoms with van der Waals surface area (Å²) in [6.45, 7) is 7.41. The average molecular weight is 384 g/mol. The molecule has 0 radical (unpaired) electrons. The van der Waals surface area contributed by atoms with Gasteiger partial charge in [0.25, 0.3) is 0 Å². The first-order valence-electron chi connectivity index (χ1n) is 7.92. The predicted molar refractivity (Wildman–Crippen MR) is 99.9 cm³/mol. The molecule has 0 aliphatic heterocycles. The van der Waals surface area contributed by atoms with Gasteiger partial charge in [0.15, 0.2) is 0 Å². The predicted octanol–water partition coefficient (Wildman–Crippen LogP) is 5.65. The van der Waals surface area contributed by atoms with Crippen LogP contribution < -0.4 is 0 Å². The summed E-state index contributed by atoms with van der Waals surface area (Å²) in [4.78, 5) is 0. The van der Waals surface area contributed by atoms with Crippen LogP contribution in [-0.2, 0) is 6.54 Å². The number of nitrogens with zero attached hydrogens (tertiary/aromatic N) is 3. The molecule has 0 fully saturated rings. The molecule has 0 saturated heterocycles. The highest BCUT2D eigenvalue weighted by atomic mass is 79.9. The first-order chi connectivity index (χ1) is 11.4. The molecule has 122 valence electrons. The largest absolute Gasteiger partial charge is 0.464 e. The summed E-state index contributed by atoms with van der Waals surface area (Å²) < 4.78 is 8.60. The van der Waals surface area contributed by atoms with E-state index in [2.05, 4.69) is 65.2 Å². The Bertz CT molecular complexity index is 1040. The van der Waals surface area contributed by atoms with Gasteiger partial charge >= 0.3 is 0 Å². The molecule has 0 saturated carbocycles. The standard InChI is InChI=1S/C19H18BrN3O/c1-19(2,3)11-23-15-9-8-13(17(20)18(15)21-22-23)14-10-24-16-7-5-4-6-12(14)16/h4-10H,11H2,1-3H3. The minimum absolute atomic E-state index is 0.145. The molecule has 0 unspecified atom stereocenters. The second-order valence-electron chi connectivity index (χ2n) is 7.25. The van der Waals surface area contributed by atoms with Gasteiger partial charge < -0.3 is 4.42 Å². The van der Waals surface area contributed by atoms with E-state index in [9.17, 15) is 0 Å². The number of hydrogen-bond donors (Lipinski definition) is 0. The summed E-state index contributed by atoms with van der Waals surface area (Å²) >= 11 is 3.72. The van der Waals surface area contributed by atoms with Crippen molar-refractivity contribution in [1.29, 1.82) is 0 Å². The third-order valence-electron chi connectivity index (χ3n) is 4.02. The third-order valence-corrected chi connectivity index (χ3v) is 4.82. The number of rotatable bonds is 2. The molecule has 2 aromatic heterocycles. The van der Waals surface area contributed by atoms with Crippen LogP contribution in [0, 0.1) is 5.41 Å². The monoisotopic (exact) mass is 383 g/mol. The van der Waals surface area contributed by atoms with Crippen molar-refractivity contribution >= 4 is 37.9 Å². The molecule has 5 heteroatoms. The number of benzene rings is 2. The summed E-state index contributed by atoms with van der Waals surface area (Å²) in [5.74, 6) is 0. The third kappa shape index (κ3) is 2.53. The molecule has 4 rings (SSSR count). The molecule has 0 N–H and O–H groups in total. The summed E-state index contributed by atoms with van der Waals surface area (Å²) in [5, 5.41) is 9.82. The number of para-hydroxylation sites is 1. The molecule has 0 aliphatic rings. The summed E-state index contributed by atoms with van der Waals surface area (Å²) in [6.07, 6.45) is 1.80. The zero-order valence-corrected chi connectivity index (χ0v) is 15.5. The highest BCUT2D eigenvalue weighted by molar-refractivity contribution is 9.10. The Labute approximate surface area is 148 Å². The van der Waals surface area contributed by atoms with Gasteiger partial charge in [-0.1, -0.05) is 50.3 Å². The van der Waals surface area contributed by atoms with E-state index in [1.807, 2.05) is 22.9 Å². The quantitative estimate of drug-likeness (QED) is 0.448. The number of furan rings is 1. The van der Waals surface area contributed by atoms with E-state index < -0.39 is 0 Å². The molecular formula is C19H18BrN3O. The molecule has 0 amide bonds. The molecule has 4 nitrogen and oxygen atoms in total. The van der Waals surface area contributed by atoms with Crippen LogP contribution in [0.3, 0.4) is 0 Å². The van der Waals surface area contributed by atoms with Gasteiger partial charge in [-0.25, -0.2) is 4.68 Å². The van der Waals surface area contributed by atoms with E-state index in [1.165, 1.54) is 0 Å². The van der Waals surface area contributed by atoms with Crippen LogP contribution in [0.4, 0.5) is 0 Å². The van der Waals surface area contributed by atoms with Crippen molar-refractivity contribution in [2.24, 2.45) is 5.41 Å². The van der Waals surface area contributed by atoms with Crippen molar-refractivity contribution in [1.82, 2.24) is 15.0 Å². The van der Waals surface area contributed by atoms with Gasteiger partial charge in [0.2, 0.25) is 0 Å². The summed E-state index contributed by atoms with van der Waals surface area (Å²) in [5.41, 5.74) is 5.07. The molecule has 0 atom stereocenters. The molecule has 0 spiro atoms. The van der Waals surface area contributed by atoms with Gasteiger partial charge in [0.1, 0.15) is 11.1 Å². The lowest BCUT2D eigenvalue weighted by Crippen LogP contribution is -2.16. The van der Waals surface area contributed by atoms with Gasteiger partial charge in [-0.2, -0.15) is 0 Å². The Morgan fingerprint density at radius 3 is 2.67 bits per heavy atom. The van der Waals surface area contributed by atoms with Gasteiger partial charge in [0, 0.05) is 23.1 Å². The van der Waals surface area contributed by atoms with Gasteiger partial charge in [-0.3, -0.25) is 0 Å². The number of aromatic nitrogens is 3. The second kappa shape index (κ2) is 5.45. The summed E-state index contributed by atoms with van der Waals surface area (Å²) in [6, 6.07) is 12.2. The zero-order chi connectivity index (χ0) is 16.9. The highest BCUT2D eigenvalue weighted by Gasteiger charge is 2.18. The van der Waals surface area contributed by atoms with Crippen molar-refractivity contribution < 1.29 is 4.42 Å². The smallest absolute Gasteiger partial charge is 0.134 e.